The van der Waals surface area contributed by atoms with Crippen LogP contribution in [0.2, 0.25) is 0 Å². The first-order valence-electron chi connectivity index (χ1n) is 6.61. The smallest absolute Gasteiger partial charge is 0.319 e. The minimum absolute atomic E-state index is 0.0877. The molecular weight excluding hydrogens is 250 g/mol. The molecule has 2 rings (SSSR count). The number of anilines is 1. The van der Waals surface area contributed by atoms with Gasteiger partial charge in [0.1, 0.15) is 0 Å². The Kier molecular flexibility index (Phi) is 4.35. The van der Waals surface area contributed by atoms with E-state index in [1.807, 2.05) is 51.1 Å². The van der Waals surface area contributed by atoms with Gasteiger partial charge in [0.25, 0.3) is 0 Å². The molecule has 4 heteroatoms. The third-order valence-electron chi connectivity index (χ3n) is 3.30. The highest BCUT2D eigenvalue weighted by molar-refractivity contribution is 5.89. The molecule has 0 radical (unpaired) electrons. The normalized spacial score (nSPS) is 11.8. The van der Waals surface area contributed by atoms with Gasteiger partial charge in [0.05, 0.1) is 6.04 Å². The average Bonchev–Trinajstić information content (AvgIpc) is 2.44. The van der Waals surface area contributed by atoms with Gasteiger partial charge in [0.2, 0.25) is 0 Å². The summed E-state index contributed by atoms with van der Waals surface area (Å²) in [6, 6.07) is 9.35. The fourth-order valence-corrected chi connectivity index (χ4v) is 1.90. The van der Waals surface area contributed by atoms with E-state index in [0.717, 1.165) is 16.8 Å². The number of nitrogens with zero attached hydrogens (tertiary/aromatic N) is 1. The molecule has 0 fully saturated rings. The molecule has 104 valence electrons. The van der Waals surface area contributed by atoms with Gasteiger partial charge in [-0.15, -0.1) is 0 Å². The summed E-state index contributed by atoms with van der Waals surface area (Å²) in [4.78, 5) is 16.0. The second-order valence-electron chi connectivity index (χ2n) is 4.91. The Morgan fingerprint density at radius 2 is 2.00 bits per heavy atom. The first kappa shape index (κ1) is 14.1. The maximum atomic E-state index is 11.9. The Morgan fingerprint density at radius 3 is 2.65 bits per heavy atom. The van der Waals surface area contributed by atoms with Crippen LogP contribution in [0.1, 0.15) is 29.7 Å². The first-order chi connectivity index (χ1) is 9.56. The molecule has 2 amide bonds. The highest BCUT2D eigenvalue weighted by Crippen LogP contribution is 2.15. The van der Waals surface area contributed by atoms with E-state index in [-0.39, 0.29) is 12.1 Å². The van der Waals surface area contributed by atoms with Crippen molar-refractivity contribution in [1.82, 2.24) is 10.3 Å². The van der Waals surface area contributed by atoms with Gasteiger partial charge in [0, 0.05) is 18.1 Å². The minimum Gasteiger partial charge on any atom is -0.331 e. The topological polar surface area (TPSA) is 54.0 Å². The molecule has 20 heavy (non-hydrogen) atoms. The van der Waals surface area contributed by atoms with E-state index in [2.05, 4.69) is 15.6 Å². The van der Waals surface area contributed by atoms with Gasteiger partial charge in [-0.1, -0.05) is 12.1 Å². The molecule has 4 nitrogen and oxygen atoms in total. The summed E-state index contributed by atoms with van der Waals surface area (Å²) in [5.41, 5.74) is 4.13. The van der Waals surface area contributed by atoms with Gasteiger partial charge in [0.15, 0.2) is 0 Å². The molecule has 1 aromatic heterocycles. The quantitative estimate of drug-likeness (QED) is 0.894. The number of hydrogen-bond acceptors (Lipinski definition) is 2. The molecule has 0 saturated heterocycles. The standard InChI is InChI=1S/C16H19N3O/c1-11-6-7-15(9-12(11)2)19-16(20)18-13(3)14-5-4-8-17-10-14/h4-10,13H,1-3H3,(H2,18,19,20). The number of rotatable bonds is 3. The number of hydrogen-bond donors (Lipinski definition) is 2. The number of nitrogens with one attached hydrogen (secondary N) is 2. The van der Waals surface area contributed by atoms with E-state index in [9.17, 15) is 4.79 Å². The maximum absolute atomic E-state index is 11.9. The molecule has 1 unspecified atom stereocenters. The molecule has 2 aromatic rings. The zero-order valence-electron chi connectivity index (χ0n) is 12.0. The van der Waals surface area contributed by atoms with Crippen LogP contribution in [0, 0.1) is 13.8 Å². The second-order valence-corrected chi connectivity index (χ2v) is 4.91. The van der Waals surface area contributed by atoms with Crippen molar-refractivity contribution in [2.45, 2.75) is 26.8 Å². The molecule has 0 aliphatic rings. The van der Waals surface area contributed by atoms with E-state index >= 15 is 0 Å². The Bertz CT molecular complexity index is 596. The zero-order chi connectivity index (χ0) is 14.5. The van der Waals surface area contributed by atoms with Gasteiger partial charge in [-0.25, -0.2) is 4.79 Å². The highest BCUT2D eigenvalue weighted by atomic mass is 16.2. The average molecular weight is 269 g/mol. The minimum atomic E-state index is -0.218. The summed E-state index contributed by atoms with van der Waals surface area (Å²) < 4.78 is 0. The Hall–Kier alpha value is -2.36. The van der Waals surface area contributed by atoms with E-state index in [0.29, 0.717) is 0 Å². The van der Waals surface area contributed by atoms with Crippen molar-refractivity contribution in [2.75, 3.05) is 5.32 Å². The molecule has 0 aliphatic heterocycles. The van der Waals surface area contributed by atoms with Crippen LogP contribution >= 0.6 is 0 Å². The number of pyridine rings is 1. The van der Waals surface area contributed by atoms with Gasteiger partial charge >= 0.3 is 6.03 Å². The molecule has 0 bridgehead atoms. The number of benzene rings is 1. The fourth-order valence-electron chi connectivity index (χ4n) is 1.90. The summed E-state index contributed by atoms with van der Waals surface area (Å²) in [5.74, 6) is 0. The number of carbonyl (C=O) groups excluding carboxylic acids is 1. The SMILES string of the molecule is Cc1ccc(NC(=O)NC(C)c2cccnc2)cc1C. The van der Waals surface area contributed by atoms with Gasteiger partial charge in [-0.3, -0.25) is 4.98 Å². The van der Waals surface area contributed by atoms with Crippen LogP contribution in [0.4, 0.5) is 10.5 Å². The van der Waals surface area contributed by atoms with E-state index < -0.39 is 0 Å². The van der Waals surface area contributed by atoms with Crippen LogP contribution in [0.5, 0.6) is 0 Å². The van der Waals surface area contributed by atoms with E-state index in [4.69, 9.17) is 0 Å². The monoisotopic (exact) mass is 269 g/mol. The van der Waals surface area contributed by atoms with Crippen molar-refractivity contribution < 1.29 is 4.79 Å². The Balaban J connectivity index is 1.97. The molecule has 0 aliphatic carbocycles. The van der Waals surface area contributed by atoms with Crippen LogP contribution in [0.3, 0.4) is 0 Å². The molecule has 2 N–H and O–H groups in total. The Labute approximate surface area is 119 Å². The summed E-state index contributed by atoms with van der Waals surface area (Å²) in [7, 11) is 0. The summed E-state index contributed by atoms with van der Waals surface area (Å²) >= 11 is 0. The van der Waals surface area contributed by atoms with Gasteiger partial charge in [-0.05, 0) is 55.7 Å². The van der Waals surface area contributed by atoms with Crippen molar-refractivity contribution in [1.29, 1.82) is 0 Å². The Morgan fingerprint density at radius 1 is 1.20 bits per heavy atom. The van der Waals surface area contributed by atoms with Crippen LogP contribution < -0.4 is 10.6 Å². The lowest BCUT2D eigenvalue weighted by Crippen LogP contribution is -2.31. The largest absolute Gasteiger partial charge is 0.331 e. The zero-order valence-corrected chi connectivity index (χ0v) is 12.0. The van der Waals surface area contributed by atoms with Crippen LogP contribution in [0.15, 0.2) is 42.7 Å². The number of carbonyl (C=O) groups is 1. The number of amides is 2. The predicted molar refractivity (Wildman–Crippen MR) is 80.7 cm³/mol. The molecular formula is C16H19N3O. The lowest BCUT2D eigenvalue weighted by molar-refractivity contribution is 0.249. The highest BCUT2D eigenvalue weighted by Gasteiger charge is 2.09. The lowest BCUT2D eigenvalue weighted by Gasteiger charge is -2.15. The number of urea groups is 1. The molecule has 1 heterocycles. The third-order valence-corrected chi connectivity index (χ3v) is 3.30. The summed E-state index contributed by atoms with van der Waals surface area (Å²) in [6.07, 6.45) is 3.46. The fraction of sp³-hybridized carbons (Fsp3) is 0.250. The molecule has 0 saturated carbocycles. The van der Waals surface area contributed by atoms with Crippen molar-refractivity contribution in [3.05, 3.63) is 59.4 Å². The first-order valence-corrected chi connectivity index (χ1v) is 6.61. The summed E-state index contributed by atoms with van der Waals surface area (Å²) in [5, 5.41) is 5.73. The van der Waals surface area contributed by atoms with E-state index in [1.54, 1.807) is 12.4 Å². The third kappa shape index (κ3) is 3.57. The second kappa shape index (κ2) is 6.19. The van der Waals surface area contributed by atoms with Crippen LogP contribution in [-0.2, 0) is 0 Å². The van der Waals surface area contributed by atoms with Gasteiger partial charge < -0.3 is 10.6 Å². The molecule has 0 spiro atoms. The lowest BCUT2D eigenvalue weighted by atomic mass is 10.1. The van der Waals surface area contributed by atoms with Crippen LogP contribution in [0.25, 0.3) is 0 Å². The molecule has 1 aromatic carbocycles. The number of aromatic nitrogens is 1. The summed E-state index contributed by atoms with van der Waals surface area (Å²) in [6.45, 7) is 6.00. The maximum Gasteiger partial charge on any atom is 0.319 e. The van der Waals surface area contributed by atoms with Crippen molar-refractivity contribution in [3.8, 4) is 0 Å². The van der Waals surface area contributed by atoms with Crippen LogP contribution in [-0.4, -0.2) is 11.0 Å². The van der Waals surface area contributed by atoms with Crippen molar-refractivity contribution in [2.24, 2.45) is 0 Å². The predicted octanol–water partition coefficient (Wildman–Crippen LogP) is 3.58. The van der Waals surface area contributed by atoms with Crippen molar-refractivity contribution in [3.63, 3.8) is 0 Å². The van der Waals surface area contributed by atoms with Crippen molar-refractivity contribution >= 4 is 11.7 Å². The van der Waals surface area contributed by atoms with E-state index in [1.165, 1.54) is 5.56 Å². The number of aryl methyl sites for hydroxylation is 2. The van der Waals surface area contributed by atoms with Gasteiger partial charge in [-0.2, -0.15) is 0 Å². The molecule has 1 atom stereocenters.